The van der Waals surface area contributed by atoms with Crippen molar-refractivity contribution in [3.63, 3.8) is 0 Å². The molecule has 0 aromatic carbocycles. The molecule has 0 fully saturated rings. The van der Waals surface area contributed by atoms with E-state index in [9.17, 15) is 0 Å². The topological polar surface area (TPSA) is 126 Å². The molecule has 1 rings (SSSR count). The van der Waals surface area contributed by atoms with Gasteiger partial charge in [-0.15, -0.1) is 17.5 Å². The Morgan fingerprint density at radius 1 is 1.55 bits per heavy atom. The van der Waals surface area contributed by atoms with Crippen LogP contribution in [-0.2, 0) is 0 Å². The van der Waals surface area contributed by atoms with Gasteiger partial charge >= 0.3 is 0 Å². The number of anilines is 1. The molecule has 62 valence electrons. The highest BCUT2D eigenvalue weighted by Crippen LogP contribution is 1.99. The predicted molar refractivity (Wildman–Crippen MR) is 40.6 cm³/mol. The number of H-pyrrole nitrogens is 1. The van der Waals surface area contributed by atoms with Gasteiger partial charge in [-0.1, -0.05) is 5.16 Å². The summed E-state index contributed by atoms with van der Waals surface area (Å²) < 4.78 is 0. The molecule has 7 nitrogen and oxygen atoms in total. The van der Waals surface area contributed by atoms with Gasteiger partial charge in [0.2, 0.25) is 0 Å². The molecular weight excluding hydrogens is 172 g/mol. The van der Waals surface area contributed by atoms with Crippen LogP contribution in [0.5, 0.6) is 0 Å². The van der Waals surface area contributed by atoms with Crippen LogP contribution in [-0.4, -0.2) is 26.5 Å². The number of hydrogen-bond donors (Lipinski definition) is 4. The molecule has 1 aromatic heterocycles. The van der Waals surface area contributed by atoms with E-state index in [0.717, 1.165) is 0 Å². The van der Waals surface area contributed by atoms with Crippen molar-refractivity contribution in [2.24, 2.45) is 10.9 Å². The van der Waals surface area contributed by atoms with Gasteiger partial charge in [-0.25, -0.2) is 0 Å². The number of hydrogen-bond acceptors (Lipinski definition) is 5. The summed E-state index contributed by atoms with van der Waals surface area (Å²) in [6, 6.07) is 0. The van der Waals surface area contributed by atoms with E-state index in [1.165, 1.54) is 0 Å². The molecule has 0 unspecified atom stereocenters. The number of nitrogen functional groups attached to an aromatic ring is 1. The Hall–Kier alpha value is -1.50. The summed E-state index contributed by atoms with van der Waals surface area (Å²) in [4.78, 5) is 0. The Bertz CT molecular complexity index is 256. The molecule has 0 aliphatic rings. The Labute approximate surface area is 67.9 Å². The average molecular weight is 179 g/mol. The molecule has 0 saturated heterocycles. The first-order valence-electron chi connectivity index (χ1n) is 2.40. The van der Waals surface area contributed by atoms with Gasteiger partial charge in [0, 0.05) is 0 Å². The first-order chi connectivity index (χ1) is 4.75. The van der Waals surface area contributed by atoms with Gasteiger partial charge in [-0.2, -0.15) is 10.3 Å². The van der Waals surface area contributed by atoms with Gasteiger partial charge in [0.05, 0.1) is 0 Å². The molecule has 1 aromatic rings. The number of nitrogens with zero attached hydrogens (tertiary/aromatic N) is 3. The second-order valence-electron chi connectivity index (χ2n) is 1.54. The maximum atomic E-state index is 8.16. The van der Waals surface area contributed by atoms with Gasteiger partial charge in [-0.3, -0.25) is 0 Å². The predicted octanol–water partition coefficient (Wildman–Crippen LogP) is -1.10. The second-order valence-corrected chi connectivity index (χ2v) is 1.54. The van der Waals surface area contributed by atoms with Crippen LogP contribution in [0.1, 0.15) is 5.69 Å². The van der Waals surface area contributed by atoms with Crippen molar-refractivity contribution in [2.45, 2.75) is 0 Å². The van der Waals surface area contributed by atoms with Crippen LogP contribution >= 0.6 is 12.4 Å². The largest absolute Gasteiger partial charge is 0.409 e. The van der Waals surface area contributed by atoms with Crippen molar-refractivity contribution in [3.8, 4) is 0 Å². The van der Waals surface area contributed by atoms with E-state index in [4.69, 9.17) is 16.7 Å². The van der Waals surface area contributed by atoms with Crippen molar-refractivity contribution >= 4 is 24.1 Å². The number of amidine groups is 1. The molecule has 1 heterocycles. The number of aromatic amines is 1. The lowest BCUT2D eigenvalue weighted by atomic mass is 10.4. The second kappa shape index (κ2) is 3.62. The van der Waals surface area contributed by atoms with Crippen LogP contribution in [0.3, 0.4) is 0 Å². The molecule has 0 bridgehead atoms. The van der Waals surface area contributed by atoms with E-state index in [2.05, 4.69) is 20.6 Å². The molecule has 0 aliphatic carbocycles. The fourth-order valence-corrected chi connectivity index (χ4v) is 0.475. The third kappa shape index (κ3) is 1.71. The van der Waals surface area contributed by atoms with Crippen LogP contribution in [0.15, 0.2) is 5.16 Å². The Kier molecular flexibility index (Phi) is 3.12. The van der Waals surface area contributed by atoms with Gasteiger partial charge in [0.1, 0.15) is 0 Å². The molecule has 6 N–H and O–H groups in total. The first kappa shape index (κ1) is 9.50. The summed E-state index contributed by atoms with van der Waals surface area (Å²) in [5, 5.41) is 20.0. The van der Waals surface area contributed by atoms with E-state index in [1.807, 2.05) is 0 Å². The summed E-state index contributed by atoms with van der Waals surface area (Å²) in [5.41, 5.74) is 10.5. The summed E-state index contributed by atoms with van der Waals surface area (Å²) in [6.07, 6.45) is 0. The van der Waals surface area contributed by atoms with Crippen molar-refractivity contribution in [3.05, 3.63) is 5.69 Å². The zero-order chi connectivity index (χ0) is 7.56. The van der Waals surface area contributed by atoms with Gasteiger partial charge in [0.15, 0.2) is 17.3 Å². The number of aromatic nitrogens is 3. The van der Waals surface area contributed by atoms with Crippen molar-refractivity contribution in [2.75, 3.05) is 5.73 Å². The molecule has 0 saturated carbocycles. The van der Waals surface area contributed by atoms with Crippen molar-refractivity contribution < 1.29 is 5.21 Å². The van der Waals surface area contributed by atoms with E-state index in [1.54, 1.807) is 0 Å². The SMILES string of the molecule is Cl.N/C(=N\O)c1n[nH]nc1N. The molecule has 0 radical (unpaired) electrons. The standard InChI is InChI=1S/C3H6N6O.ClH/c4-2-1(3(5)8-10)6-9-7-2;/h10H,(H2,5,8)(H3,4,6,7,9);1H. The lowest BCUT2D eigenvalue weighted by Gasteiger charge is -1.89. The van der Waals surface area contributed by atoms with Gasteiger partial charge in [0.25, 0.3) is 0 Å². The number of nitrogens with two attached hydrogens (primary N) is 2. The van der Waals surface area contributed by atoms with Crippen LogP contribution in [0.25, 0.3) is 0 Å². The molecule has 0 amide bonds. The number of nitrogens with one attached hydrogen (secondary N) is 1. The third-order valence-electron chi connectivity index (χ3n) is 0.925. The third-order valence-corrected chi connectivity index (χ3v) is 0.925. The fourth-order valence-electron chi connectivity index (χ4n) is 0.475. The highest BCUT2D eigenvalue weighted by atomic mass is 35.5. The summed E-state index contributed by atoms with van der Waals surface area (Å²) in [6.45, 7) is 0. The number of halogens is 1. The number of rotatable bonds is 1. The summed E-state index contributed by atoms with van der Waals surface area (Å²) >= 11 is 0. The summed E-state index contributed by atoms with van der Waals surface area (Å²) in [5.74, 6) is -0.0541. The van der Waals surface area contributed by atoms with E-state index in [-0.39, 0.29) is 29.8 Å². The highest BCUT2D eigenvalue weighted by Gasteiger charge is 2.07. The molecular formula is C3H7ClN6O. The molecule has 0 atom stereocenters. The Balaban J connectivity index is 0.000001000. The van der Waals surface area contributed by atoms with Crippen molar-refractivity contribution in [1.82, 2.24) is 15.4 Å². The lowest BCUT2D eigenvalue weighted by molar-refractivity contribution is 0.318. The van der Waals surface area contributed by atoms with E-state index >= 15 is 0 Å². The maximum Gasteiger partial charge on any atom is 0.194 e. The zero-order valence-electron chi connectivity index (χ0n) is 5.35. The maximum absolute atomic E-state index is 8.16. The van der Waals surface area contributed by atoms with Gasteiger partial charge in [-0.05, 0) is 0 Å². The molecule has 8 heteroatoms. The molecule has 0 spiro atoms. The fraction of sp³-hybridized carbons (Fsp3) is 0. The minimum Gasteiger partial charge on any atom is -0.409 e. The smallest absolute Gasteiger partial charge is 0.194 e. The quantitative estimate of drug-likeness (QED) is 0.188. The van der Waals surface area contributed by atoms with Crippen LogP contribution in [0.4, 0.5) is 5.82 Å². The molecule has 11 heavy (non-hydrogen) atoms. The highest BCUT2D eigenvalue weighted by molar-refractivity contribution is 5.98. The minimum absolute atomic E-state index is 0. The summed E-state index contributed by atoms with van der Waals surface area (Å²) in [7, 11) is 0. The first-order valence-corrected chi connectivity index (χ1v) is 2.40. The Morgan fingerprint density at radius 3 is 2.55 bits per heavy atom. The lowest BCUT2D eigenvalue weighted by Crippen LogP contribution is -2.15. The number of oxime groups is 1. The van der Waals surface area contributed by atoms with E-state index < -0.39 is 0 Å². The Morgan fingerprint density at radius 2 is 2.18 bits per heavy atom. The van der Waals surface area contributed by atoms with Gasteiger partial charge < -0.3 is 16.7 Å². The average Bonchev–Trinajstić information content (AvgIpc) is 2.34. The zero-order valence-corrected chi connectivity index (χ0v) is 6.17. The van der Waals surface area contributed by atoms with Crippen LogP contribution in [0.2, 0.25) is 0 Å². The van der Waals surface area contributed by atoms with Crippen LogP contribution < -0.4 is 11.5 Å². The van der Waals surface area contributed by atoms with Crippen molar-refractivity contribution in [1.29, 1.82) is 0 Å². The normalized spacial score (nSPS) is 10.7. The monoisotopic (exact) mass is 178 g/mol. The van der Waals surface area contributed by atoms with E-state index in [0.29, 0.717) is 0 Å². The molecule has 0 aliphatic heterocycles. The van der Waals surface area contributed by atoms with Crippen LogP contribution in [0, 0.1) is 0 Å². The minimum atomic E-state index is -0.161.